The van der Waals surface area contributed by atoms with Crippen molar-refractivity contribution in [1.82, 2.24) is 0 Å². The molecule has 0 aliphatic heterocycles. The first-order valence-electron chi connectivity index (χ1n) is 8.81. The van der Waals surface area contributed by atoms with Gasteiger partial charge in [0.25, 0.3) is 0 Å². The predicted molar refractivity (Wildman–Crippen MR) is 112 cm³/mol. The van der Waals surface area contributed by atoms with Crippen LogP contribution in [0.4, 0.5) is 0 Å². The summed E-state index contributed by atoms with van der Waals surface area (Å²) in [6.07, 6.45) is -3.77. The summed E-state index contributed by atoms with van der Waals surface area (Å²) >= 11 is 0. The Kier molecular flexibility index (Phi) is 11.5. The lowest BCUT2D eigenvalue weighted by Gasteiger charge is -2.18. The van der Waals surface area contributed by atoms with Gasteiger partial charge in [0, 0.05) is 0 Å². The summed E-state index contributed by atoms with van der Waals surface area (Å²) < 4.78 is 147. The summed E-state index contributed by atoms with van der Waals surface area (Å²) in [4.78, 5) is 11.6. The van der Waals surface area contributed by atoms with E-state index in [1.54, 1.807) is 0 Å². The molecule has 2 atom stereocenters. The molecular formula is C13H18O20S4. The highest BCUT2D eigenvalue weighted by Gasteiger charge is 2.24. The Morgan fingerprint density at radius 1 is 0.676 bits per heavy atom. The van der Waals surface area contributed by atoms with Crippen molar-refractivity contribution in [3.63, 3.8) is 0 Å². The van der Waals surface area contributed by atoms with Gasteiger partial charge in [0.1, 0.15) is 42.5 Å². The van der Waals surface area contributed by atoms with Crippen LogP contribution in [0.3, 0.4) is 0 Å². The van der Waals surface area contributed by atoms with Crippen LogP contribution in [0.5, 0.6) is 11.5 Å². The first-order valence-corrected chi connectivity index (χ1v) is 14.3. The van der Waals surface area contributed by atoms with E-state index in [4.69, 9.17) is 27.7 Å². The maximum atomic E-state index is 11.6. The normalized spacial score (nSPS) is 14.6. The van der Waals surface area contributed by atoms with Crippen LogP contribution < -0.4 is 9.47 Å². The van der Waals surface area contributed by atoms with Crippen LogP contribution in [0.1, 0.15) is 10.4 Å². The fourth-order valence-corrected chi connectivity index (χ4v) is 3.70. The number of hydrogen-bond donors (Lipinski definition) is 5. The number of aromatic carboxylic acids is 1. The van der Waals surface area contributed by atoms with Gasteiger partial charge in [-0.15, -0.1) is 0 Å². The van der Waals surface area contributed by atoms with Crippen molar-refractivity contribution in [3.05, 3.63) is 23.8 Å². The number of carboxylic acid groups (broad SMARTS) is 1. The number of carboxylic acids is 1. The van der Waals surface area contributed by atoms with Gasteiger partial charge in [-0.05, 0) is 18.2 Å². The Balaban J connectivity index is 3.03. The van der Waals surface area contributed by atoms with Crippen molar-refractivity contribution in [2.45, 2.75) is 12.2 Å². The quantitative estimate of drug-likeness (QED) is 0.119. The van der Waals surface area contributed by atoms with Gasteiger partial charge in [0.2, 0.25) is 0 Å². The number of carbonyl (C=O) groups is 1. The van der Waals surface area contributed by atoms with Crippen LogP contribution in [0.2, 0.25) is 0 Å². The Bertz CT molecular complexity index is 1360. The molecule has 5 N–H and O–H groups in total. The van der Waals surface area contributed by atoms with Gasteiger partial charge in [-0.1, -0.05) is 0 Å². The van der Waals surface area contributed by atoms with Crippen molar-refractivity contribution in [3.8, 4) is 11.5 Å². The molecule has 0 bridgehead atoms. The second-order valence-electron chi connectivity index (χ2n) is 6.30. The van der Waals surface area contributed by atoms with Crippen LogP contribution in [0, 0.1) is 0 Å². The van der Waals surface area contributed by atoms with Gasteiger partial charge in [-0.2, -0.15) is 33.7 Å². The largest absolute Gasteiger partial charge is 0.491 e. The second-order valence-corrected chi connectivity index (χ2v) is 10.6. The van der Waals surface area contributed by atoms with E-state index in [9.17, 15) is 43.6 Å². The molecule has 0 saturated heterocycles. The smallest absolute Gasteiger partial charge is 0.397 e. The van der Waals surface area contributed by atoms with E-state index >= 15 is 0 Å². The standard InChI is InChI=1S/C13H18O20S4/c14-13(15)11-3-8(28-4-9(32-36(22,23)24)6-30-34(16,17)18)1-2-12(11)29-5-10(33-37(25,26)27)7-31-35(19,20)21/h1-3,9-10H,4-7H2,(H,14,15)(H,16,17,18)(H,19,20,21)(H,22,23,24)(H,25,26,27)/t9-,10+/m0/s1. The Morgan fingerprint density at radius 3 is 1.49 bits per heavy atom. The van der Waals surface area contributed by atoms with Crippen molar-refractivity contribution < 1.29 is 88.0 Å². The van der Waals surface area contributed by atoms with Crippen LogP contribution in [-0.4, -0.2) is 102 Å². The molecule has 0 aliphatic rings. The maximum absolute atomic E-state index is 11.6. The van der Waals surface area contributed by atoms with Gasteiger partial charge < -0.3 is 14.6 Å². The Morgan fingerprint density at radius 2 is 1.11 bits per heavy atom. The topological polar surface area (TPSA) is 310 Å². The zero-order valence-electron chi connectivity index (χ0n) is 17.7. The predicted octanol–water partition coefficient (Wildman–Crippen LogP) is -1.84. The number of ether oxygens (including phenoxy) is 2. The molecule has 0 aliphatic carbocycles. The average molecular weight is 623 g/mol. The maximum Gasteiger partial charge on any atom is 0.397 e. The monoisotopic (exact) mass is 622 g/mol. The van der Waals surface area contributed by atoms with Crippen LogP contribution >= 0.6 is 0 Å². The van der Waals surface area contributed by atoms with E-state index in [1.165, 1.54) is 0 Å². The molecule has 1 aromatic rings. The molecule has 0 fully saturated rings. The Hall–Kier alpha value is -2.23. The summed E-state index contributed by atoms with van der Waals surface area (Å²) in [5.74, 6) is -2.50. The molecule has 0 aromatic heterocycles. The summed E-state index contributed by atoms with van der Waals surface area (Å²) in [6, 6.07) is 2.70. The lowest BCUT2D eigenvalue weighted by atomic mass is 10.2. The van der Waals surface area contributed by atoms with Gasteiger partial charge in [-0.3, -0.25) is 18.2 Å². The number of benzene rings is 1. The molecule has 0 saturated carbocycles. The molecule has 1 aromatic carbocycles. The molecule has 0 heterocycles. The zero-order valence-corrected chi connectivity index (χ0v) is 21.0. The molecule has 0 amide bonds. The van der Waals surface area contributed by atoms with E-state index in [0.29, 0.717) is 0 Å². The minimum absolute atomic E-state index is 0.332. The molecular weight excluding hydrogens is 604 g/mol. The van der Waals surface area contributed by atoms with Crippen molar-refractivity contribution in [1.29, 1.82) is 0 Å². The van der Waals surface area contributed by atoms with Crippen LogP contribution in [0.15, 0.2) is 18.2 Å². The summed E-state index contributed by atoms with van der Waals surface area (Å²) in [6.45, 7) is -4.19. The minimum atomic E-state index is -5.18. The molecule has 24 heteroatoms. The van der Waals surface area contributed by atoms with E-state index in [0.717, 1.165) is 18.2 Å². The first-order chi connectivity index (χ1) is 16.6. The van der Waals surface area contributed by atoms with Crippen molar-refractivity contribution in [2.24, 2.45) is 0 Å². The lowest BCUT2D eigenvalue weighted by Crippen LogP contribution is -2.31. The third-order valence-electron chi connectivity index (χ3n) is 3.36. The zero-order chi connectivity index (χ0) is 28.7. The second kappa shape index (κ2) is 13.0. The van der Waals surface area contributed by atoms with Crippen molar-refractivity contribution in [2.75, 3.05) is 26.4 Å². The minimum Gasteiger partial charge on any atom is -0.491 e. The summed E-state index contributed by atoms with van der Waals surface area (Å²) in [5.41, 5.74) is -0.680. The van der Waals surface area contributed by atoms with Crippen LogP contribution in [0.25, 0.3) is 0 Å². The van der Waals surface area contributed by atoms with Gasteiger partial charge in [0.05, 0.1) is 13.2 Å². The molecule has 37 heavy (non-hydrogen) atoms. The highest BCUT2D eigenvalue weighted by atomic mass is 32.3. The molecule has 0 radical (unpaired) electrons. The number of rotatable bonds is 17. The molecule has 20 nitrogen and oxygen atoms in total. The summed E-state index contributed by atoms with van der Waals surface area (Å²) in [7, 11) is -20.4. The van der Waals surface area contributed by atoms with Gasteiger partial charge >= 0.3 is 47.6 Å². The Labute approximate surface area is 209 Å². The highest BCUT2D eigenvalue weighted by Crippen LogP contribution is 2.25. The van der Waals surface area contributed by atoms with Crippen LogP contribution in [-0.2, 0) is 58.3 Å². The van der Waals surface area contributed by atoms with E-state index < -0.39 is 97.5 Å². The SMILES string of the molecule is O=C(O)c1cc(OC[C@@H](COS(=O)(=O)O)OS(=O)(=O)O)ccc1OC[C@H](COS(=O)(=O)O)OS(=O)(=O)O. The van der Waals surface area contributed by atoms with Gasteiger partial charge in [0.15, 0.2) is 0 Å². The third kappa shape index (κ3) is 15.6. The van der Waals surface area contributed by atoms with E-state index in [-0.39, 0.29) is 5.75 Å². The highest BCUT2D eigenvalue weighted by molar-refractivity contribution is 7.81. The lowest BCUT2D eigenvalue weighted by molar-refractivity contribution is 0.0650. The van der Waals surface area contributed by atoms with Crippen molar-refractivity contribution >= 4 is 47.6 Å². The molecule has 0 unspecified atom stereocenters. The number of hydrogen-bond acceptors (Lipinski definition) is 15. The first kappa shape index (κ1) is 32.8. The molecule has 214 valence electrons. The fourth-order valence-electron chi connectivity index (χ4n) is 2.14. The fraction of sp³-hybridized carbons (Fsp3) is 0.462. The average Bonchev–Trinajstić information content (AvgIpc) is 2.69. The van der Waals surface area contributed by atoms with E-state index in [2.05, 4.69) is 16.7 Å². The molecule has 0 spiro atoms. The van der Waals surface area contributed by atoms with Gasteiger partial charge in [-0.25, -0.2) is 21.5 Å². The third-order valence-corrected chi connectivity index (χ3v) is 5.26. The summed E-state index contributed by atoms with van der Waals surface area (Å²) in [5, 5.41) is 9.36. The van der Waals surface area contributed by atoms with E-state index in [1.807, 2.05) is 0 Å². The molecule has 1 rings (SSSR count).